The second-order valence-electron chi connectivity index (χ2n) is 7.22. The summed E-state index contributed by atoms with van der Waals surface area (Å²) >= 11 is 0. The molecule has 0 N–H and O–H groups in total. The molecule has 0 heterocycles. The van der Waals surface area contributed by atoms with Gasteiger partial charge in [0.25, 0.3) is 0 Å². The monoisotopic (exact) mass is 380 g/mol. The fourth-order valence-corrected chi connectivity index (χ4v) is 3.79. The number of benzene rings is 4. The number of carbonyl (C=O) groups is 1. The molecular weight excluding hydrogens is 356 g/mol. The van der Waals surface area contributed by atoms with Gasteiger partial charge in [0.15, 0.2) is 5.78 Å². The summed E-state index contributed by atoms with van der Waals surface area (Å²) in [6, 6.07) is 30.1. The average Bonchev–Trinajstić information content (AvgIpc) is 2.80. The second-order valence-corrected chi connectivity index (χ2v) is 7.22. The predicted molar refractivity (Wildman–Crippen MR) is 119 cm³/mol. The van der Waals surface area contributed by atoms with E-state index in [1.54, 1.807) is 7.11 Å². The fraction of sp³-hybridized carbons (Fsp3) is 0.148. The Kier molecular flexibility index (Phi) is 5.71. The quantitative estimate of drug-likeness (QED) is 0.354. The largest absolute Gasteiger partial charge is 0.496 e. The molecule has 0 radical (unpaired) electrons. The summed E-state index contributed by atoms with van der Waals surface area (Å²) in [6.45, 7) is 0. The Balaban J connectivity index is 1.42. The number of carbonyl (C=O) groups excluding carboxylic acids is 1. The smallest absolute Gasteiger partial charge is 0.193 e. The molecule has 0 unspecified atom stereocenters. The van der Waals surface area contributed by atoms with Crippen LogP contribution in [0, 0.1) is 0 Å². The highest BCUT2D eigenvalue weighted by atomic mass is 16.5. The molecule has 0 aliphatic rings. The van der Waals surface area contributed by atoms with Crippen molar-refractivity contribution in [3.63, 3.8) is 0 Å². The van der Waals surface area contributed by atoms with E-state index >= 15 is 0 Å². The highest BCUT2D eigenvalue weighted by Gasteiger charge is 2.09. The van der Waals surface area contributed by atoms with Crippen molar-refractivity contribution in [2.45, 2.75) is 19.3 Å². The molecule has 0 fully saturated rings. The van der Waals surface area contributed by atoms with Crippen molar-refractivity contribution in [3.05, 3.63) is 113 Å². The lowest BCUT2D eigenvalue weighted by molar-refractivity contribution is 0.103. The van der Waals surface area contributed by atoms with Crippen LogP contribution < -0.4 is 4.74 Å². The molecule has 0 aliphatic carbocycles. The first-order valence-corrected chi connectivity index (χ1v) is 9.99. The van der Waals surface area contributed by atoms with Crippen molar-refractivity contribution in [2.24, 2.45) is 0 Å². The van der Waals surface area contributed by atoms with Crippen molar-refractivity contribution in [3.8, 4) is 5.75 Å². The van der Waals surface area contributed by atoms with E-state index in [2.05, 4.69) is 42.5 Å². The van der Waals surface area contributed by atoms with Crippen LogP contribution in [0.2, 0.25) is 0 Å². The Morgan fingerprint density at radius 1 is 0.690 bits per heavy atom. The standard InChI is InChI=1S/C27H24O2/c1-29-26-19-18-21(24-12-5-6-13-25(24)26)11-7-8-20-14-16-23(17-15-20)27(28)22-9-3-2-4-10-22/h2-6,9-10,12-19H,7-8,11H2,1H3. The molecule has 2 nitrogen and oxygen atoms in total. The molecular formula is C27H24O2. The van der Waals surface area contributed by atoms with Gasteiger partial charge < -0.3 is 4.74 Å². The molecule has 0 bridgehead atoms. The number of ketones is 1. The number of methoxy groups -OCH3 is 1. The molecule has 0 aromatic heterocycles. The summed E-state index contributed by atoms with van der Waals surface area (Å²) in [4.78, 5) is 12.5. The van der Waals surface area contributed by atoms with Crippen LogP contribution in [0.5, 0.6) is 5.75 Å². The van der Waals surface area contributed by atoms with Crippen LogP contribution in [0.1, 0.15) is 33.5 Å². The number of rotatable bonds is 7. The van der Waals surface area contributed by atoms with Crippen LogP contribution in [0.25, 0.3) is 10.8 Å². The Hall–Kier alpha value is -3.39. The first-order chi connectivity index (χ1) is 14.3. The Morgan fingerprint density at radius 2 is 1.34 bits per heavy atom. The molecule has 4 aromatic rings. The van der Waals surface area contributed by atoms with E-state index in [0.717, 1.165) is 41.5 Å². The maximum Gasteiger partial charge on any atom is 0.193 e. The maximum atomic E-state index is 12.5. The summed E-state index contributed by atoms with van der Waals surface area (Å²) in [5.74, 6) is 0.991. The third-order valence-corrected chi connectivity index (χ3v) is 5.36. The van der Waals surface area contributed by atoms with Crippen LogP contribution >= 0.6 is 0 Å². The van der Waals surface area contributed by atoms with Gasteiger partial charge in [0.05, 0.1) is 7.11 Å². The number of hydrogen-bond acceptors (Lipinski definition) is 2. The van der Waals surface area contributed by atoms with E-state index in [9.17, 15) is 4.79 Å². The van der Waals surface area contributed by atoms with E-state index in [4.69, 9.17) is 4.74 Å². The topological polar surface area (TPSA) is 26.3 Å². The van der Waals surface area contributed by atoms with Gasteiger partial charge in [0.2, 0.25) is 0 Å². The molecule has 4 aromatic carbocycles. The average molecular weight is 380 g/mol. The van der Waals surface area contributed by atoms with E-state index in [-0.39, 0.29) is 5.78 Å². The normalized spacial score (nSPS) is 10.8. The summed E-state index contributed by atoms with van der Waals surface area (Å²) in [5.41, 5.74) is 4.07. The molecule has 0 spiro atoms. The molecule has 0 aliphatic heterocycles. The van der Waals surface area contributed by atoms with Gasteiger partial charge in [-0.2, -0.15) is 0 Å². The Bertz CT molecular complexity index is 1110. The summed E-state index contributed by atoms with van der Waals surface area (Å²) in [7, 11) is 1.72. The van der Waals surface area contributed by atoms with Crippen LogP contribution in [-0.4, -0.2) is 12.9 Å². The lowest BCUT2D eigenvalue weighted by atomic mass is 9.97. The Morgan fingerprint density at radius 3 is 2.07 bits per heavy atom. The number of aryl methyl sites for hydroxylation is 2. The minimum Gasteiger partial charge on any atom is -0.496 e. The van der Waals surface area contributed by atoms with Crippen molar-refractivity contribution in [1.29, 1.82) is 0 Å². The first kappa shape index (κ1) is 18.9. The van der Waals surface area contributed by atoms with Gasteiger partial charge in [0.1, 0.15) is 5.75 Å². The lowest BCUT2D eigenvalue weighted by Crippen LogP contribution is -2.01. The molecule has 29 heavy (non-hydrogen) atoms. The van der Waals surface area contributed by atoms with Crippen molar-refractivity contribution >= 4 is 16.6 Å². The minimum atomic E-state index is 0.0712. The maximum absolute atomic E-state index is 12.5. The van der Waals surface area contributed by atoms with E-state index in [1.165, 1.54) is 16.5 Å². The highest BCUT2D eigenvalue weighted by molar-refractivity contribution is 6.08. The minimum absolute atomic E-state index is 0.0712. The molecule has 0 saturated heterocycles. The van der Waals surface area contributed by atoms with Gasteiger partial charge in [-0.15, -0.1) is 0 Å². The van der Waals surface area contributed by atoms with E-state index in [1.807, 2.05) is 48.5 Å². The third-order valence-electron chi connectivity index (χ3n) is 5.36. The number of hydrogen-bond donors (Lipinski definition) is 0. The van der Waals surface area contributed by atoms with E-state index < -0.39 is 0 Å². The summed E-state index contributed by atoms with van der Waals surface area (Å²) in [5, 5.41) is 2.42. The van der Waals surface area contributed by atoms with Gasteiger partial charge in [-0.05, 0) is 41.8 Å². The molecule has 0 atom stereocenters. The van der Waals surface area contributed by atoms with Crippen molar-refractivity contribution < 1.29 is 9.53 Å². The molecule has 0 amide bonds. The molecule has 0 saturated carbocycles. The molecule has 4 rings (SSSR count). The van der Waals surface area contributed by atoms with Gasteiger partial charge >= 0.3 is 0 Å². The predicted octanol–water partition coefficient (Wildman–Crippen LogP) is 6.25. The van der Waals surface area contributed by atoms with Crippen molar-refractivity contribution in [1.82, 2.24) is 0 Å². The van der Waals surface area contributed by atoms with Gasteiger partial charge in [-0.3, -0.25) is 4.79 Å². The van der Waals surface area contributed by atoms with Gasteiger partial charge in [-0.1, -0.05) is 84.9 Å². The third kappa shape index (κ3) is 4.22. The van der Waals surface area contributed by atoms with E-state index in [0.29, 0.717) is 0 Å². The SMILES string of the molecule is COc1ccc(CCCc2ccc(C(=O)c3ccccc3)cc2)c2ccccc12. The first-order valence-electron chi connectivity index (χ1n) is 9.99. The van der Waals surface area contributed by atoms with Crippen LogP contribution in [0.15, 0.2) is 91.0 Å². The summed E-state index contributed by atoms with van der Waals surface area (Å²) in [6.07, 6.45) is 3.05. The second kappa shape index (κ2) is 8.74. The fourth-order valence-electron chi connectivity index (χ4n) is 3.79. The van der Waals surface area contributed by atoms with Gasteiger partial charge in [0, 0.05) is 16.5 Å². The zero-order valence-corrected chi connectivity index (χ0v) is 16.6. The zero-order valence-electron chi connectivity index (χ0n) is 16.6. The molecule has 2 heteroatoms. The van der Waals surface area contributed by atoms with Crippen LogP contribution in [0.4, 0.5) is 0 Å². The number of fused-ring (bicyclic) bond motifs is 1. The number of ether oxygens (including phenoxy) is 1. The Labute approximate surface area is 171 Å². The van der Waals surface area contributed by atoms with Gasteiger partial charge in [-0.25, -0.2) is 0 Å². The van der Waals surface area contributed by atoms with Crippen molar-refractivity contribution in [2.75, 3.05) is 7.11 Å². The van der Waals surface area contributed by atoms with Crippen LogP contribution in [0.3, 0.4) is 0 Å². The highest BCUT2D eigenvalue weighted by Crippen LogP contribution is 2.29. The lowest BCUT2D eigenvalue weighted by Gasteiger charge is -2.10. The summed E-state index contributed by atoms with van der Waals surface area (Å²) < 4.78 is 5.49. The zero-order chi connectivity index (χ0) is 20.1. The molecule has 144 valence electrons. The van der Waals surface area contributed by atoms with Crippen LogP contribution in [-0.2, 0) is 12.8 Å².